The molecule has 0 radical (unpaired) electrons. The van der Waals surface area contributed by atoms with E-state index in [9.17, 15) is 14.9 Å². The van der Waals surface area contributed by atoms with E-state index in [-0.39, 0.29) is 30.0 Å². The lowest BCUT2D eigenvalue weighted by molar-refractivity contribution is -0.385. The quantitative estimate of drug-likeness (QED) is 0.478. The number of carbonyl (C=O) groups is 1. The van der Waals surface area contributed by atoms with Gasteiger partial charge in [0.15, 0.2) is 6.61 Å². The Balaban J connectivity index is 2.03. The minimum absolute atomic E-state index is 0.0730. The van der Waals surface area contributed by atoms with Crippen molar-refractivity contribution in [2.75, 3.05) is 20.8 Å². The molecule has 1 N–H and O–H groups in total. The van der Waals surface area contributed by atoms with E-state index in [4.69, 9.17) is 14.2 Å². The molecule has 0 aliphatic heterocycles. The van der Waals surface area contributed by atoms with Crippen LogP contribution in [0.4, 0.5) is 5.69 Å². The first kappa shape index (κ1) is 22.0. The van der Waals surface area contributed by atoms with Crippen LogP contribution in [0.5, 0.6) is 17.2 Å². The number of rotatable bonds is 10. The summed E-state index contributed by atoms with van der Waals surface area (Å²) < 4.78 is 15.7. The van der Waals surface area contributed by atoms with Crippen LogP contribution in [0.15, 0.2) is 42.5 Å². The molecule has 0 aromatic heterocycles. The zero-order chi connectivity index (χ0) is 21.4. The third kappa shape index (κ3) is 6.38. The largest absolute Gasteiger partial charge is 0.497 e. The fourth-order valence-corrected chi connectivity index (χ4v) is 2.87. The van der Waals surface area contributed by atoms with Crippen LogP contribution >= 0.6 is 0 Å². The number of nitro groups is 1. The lowest BCUT2D eigenvalue weighted by Crippen LogP contribution is -2.33. The van der Waals surface area contributed by atoms with Gasteiger partial charge in [0.2, 0.25) is 5.75 Å². The molecule has 0 spiro atoms. The summed E-state index contributed by atoms with van der Waals surface area (Å²) in [6, 6.07) is 11.5. The molecule has 2 aromatic carbocycles. The number of amides is 1. The molecule has 1 amide bonds. The lowest BCUT2D eigenvalue weighted by atomic mass is 9.97. The Morgan fingerprint density at radius 3 is 2.28 bits per heavy atom. The molecule has 2 aromatic rings. The monoisotopic (exact) mass is 402 g/mol. The van der Waals surface area contributed by atoms with E-state index >= 15 is 0 Å². The number of nitro benzene ring substituents is 1. The highest BCUT2D eigenvalue weighted by Crippen LogP contribution is 2.30. The molecule has 0 heterocycles. The van der Waals surface area contributed by atoms with E-state index in [0.717, 1.165) is 17.7 Å². The van der Waals surface area contributed by atoms with Crippen LogP contribution in [0.3, 0.4) is 0 Å². The number of methoxy groups -OCH3 is 2. The van der Waals surface area contributed by atoms with Crippen molar-refractivity contribution in [3.05, 3.63) is 58.1 Å². The van der Waals surface area contributed by atoms with Crippen LogP contribution in [0, 0.1) is 16.0 Å². The van der Waals surface area contributed by atoms with Crippen LogP contribution in [0.25, 0.3) is 0 Å². The molecule has 0 unspecified atom stereocenters. The van der Waals surface area contributed by atoms with Crippen LogP contribution in [0.2, 0.25) is 0 Å². The molecular weight excluding hydrogens is 376 g/mol. The molecule has 0 saturated heterocycles. The second kappa shape index (κ2) is 10.3. The zero-order valence-corrected chi connectivity index (χ0v) is 17.0. The van der Waals surface area contributed by atoms with Crippen molar-refractivity contribution >= 4 is 11.6 Å². The zero-order valence-electron chi connectivity index (χ0n) is 17.0. The summed E-state index contributed by atoms with van der Waals surface area (Å²) in [4.78, 5) is 22.8. The van der Waals surface area contributed by atoms with Crippen molar-refractivity contribution in [1.29, 1.82) is 0 Å². The summed E-state index contributed by atoms with van der Waals surface area (Å²) in [7, 11) is 2.94. The highest BCUT2D eigenvalue weighted by atomic mass is 16.6. The summed E-state index contributed by atoms with van der Waals surface area (Å²) in [5.74, 6) is 1.22. The summed E-state index contributed by atoms with van der Waals surface area (Å²) >= 11 is 0. The maximum Gasteiger partial charge on any atom is 0.311 e. The summed E-state index contributed by atoms with van der Waals surface area (Å²) in [6.45, 7) is 3.95. The molecule has 8 heteroatoms. The third-order valence-electron chi connectivity index (χ3n) is 4.28. The highest BCUT2D eigenvalue weighted by Gasteiger charge is 2.18. The fourth-order valence-electron chi connectivity index (χ4n) is 2.87. The van der Waals surface area contributed by atoms with Crippen LogP contribution < -0.4 is 19.5 Å². The van der Waals surface area contributed by atoms with Gasteiger partial charge < -0.3 is 19.5 Å². The van der Waals surface area contributed by atoms with Gasteiger partial charge in [-0.2, -0.15) is 0 Å². The number of benzene rings is 2. The lowest BCUT2D eigenvalue weighted by Gasteiger charge is -2.21. The number of ether oxygens (including phenoxy) is 3. The third-order valence-corrected chi connectivity index (χ3v) is 4.28. The molecule has 1 atom stereocenters. The summed E-state index contributed by atoms with van der Waals surface area (Å²) in [5.41, 5.74) is 0.811. The second-order valence-electron chi connectivity index (χ2n) is 6.90. The minimum atomic E-state index is -0.541. The normalized spacial score (nSPS) is 11.6. The predicted molar refractivity (Wildman–Crippen MR) is 108 cm³/mol. The Morgan fingerprint density at radius 2 is 1.72 bits per heavy atom. The average Bonchev–Trinajstić information content (AvgIpc) is 2.71. The Kier molecular flexibility index (Phi) is 7.82. The fraction of sp³-hybridized carbons (Fsp3) is 0.381. The number of hydrogen-bond donors (Lipinski definition) is 1. The van der Waals surface area contributed by atoms with Gasteiger partial charge in [-0.05, 0) is 36.1 Å². The van der Waals surface area contributed by atoms with E-state index in [2.05, 4.69) is 19.2 Å². The Hall–Kier alpha value is -3.29. The average molecular weight is 402 g/mol. The SMILES string of the molecule is COc1ccc([C@H](CC(C)C)NC(=O)COc2ccc([N+](=O)[O-])c(OC)c2)cc1. The van der Waals surface area contributed by atoms with Gasteiger partial charge in [0.05, 0.1) is 25.2 Å². The minimum Gasteiger partial charge on any atom is -0.497 e. The van der Waals surface area contributed by atoms with Crippen LogP contribution in [-0.2, 0) is 4.79 Å². The molecule has 0 bridgehead atoms. The number of nitrogens with one attached hydrogen (secondary N) is 1. The second-order valence-corrected chi connectivity index (χ2v) is 6.90. The Bertz CT molecular complexity index is 836. The first-order valence-corrected chi connectivity index (χ1v) is 9.22. The van der Waals surface area contributed by atoms with Crippen molar-refractivity contribution in [3.8, 4) is 17.2 Å². The van der Waals surface area contributed by atoms with Crippen molar-refractivity contribution in [1.82, 2.24) is 5.32 Å². The Labute approximate surface area is 169 Å². The van der Waals surface area contributed by atoms with Crippen molar-refractivity contribution < 1.29 is 23.9 Å². The van der Waals surface area contributed by atoms with Gasteiger partial charge in [0.25, 0.3) is 5.91 Å². The van der Waals surface area contributed by atoms with Gasteiger partial charge in [-0.25, -0.2) is 0 Å². The van der Waals surface area contributed by atoms with E-state index in [1.807, 2.05) is 24.3 Å². The molecule has 0 aliphatic rings. The van der Waals surface area contributed by atoms with Gasteiger partial charge >= 0.3 is 5.69 Å². The highest BCUT2D eigenvalue weighted by molar-refractivity contribution is 5.78. The summed E-state index contributed by atoms with van der Waals surface area (Å²) in [6.07, 6.45) is 0.767. The molecule has 0 fully saturated rings. The molecular formula is C21H26N2O6. The van der Waals surface area contributed by atoms with Gasteiger partial charge in [-0.15, -0.1) is 0 Å². The number of carbonyl (C=O) groups excluding carboxylic acids is 1. The van der Waals surface area contributed by atoms with E-state index in [0.29, 0.717) is 11.7 Å². The standard InChI is InChI=1S/C21H26N2O6/c1-14(2)11-18(15-5-7-16(27-3)8-6-15)22-21(24)13-29-17-9-10-19(23(25)26)20(12-17)28-4/h5-10,12,14,18H,11,13H2,1-4H3,(H,22,24)/t18-/m0/s1. The van der Waals surface area contributed by atoms with E-state index in [1.54, 1.807) is 7.11 Å². The maximum atomic E-state index is 12.4. The first-order valence-electron chi connectivity index (χ1n) is 9.22. The maximum absolute atomic E-state index is 12.4. The van der Waals surface area contributed by atoms with Crippen molar-refractivity contribution in [3.63, 3.8) is 0 Å². The predicted octanol–water partition coefficient (Wildman–Crippen LogP) is 3.89. The summed E-state index contributed by atoms with van der Waals surface area (Å²) in [5, 5.41) is 13.9. The van der Waals surface area contributed by atoms with E-state index in [1.165, 1.54) is 25.3 Å². The van der Waals surface area contributed by atoms with Crippen molar-refractivity contribution in [2.45, 2.75) is 26.3 Å². The van der Waals surface area contributed by atoms with E-state index < -0.39 is 4.92 Å². The van der Waals surface area contributed by atoms with Crippen LogP contribution in [0.1, 0.15) is 31.9 Å². The molecule has 156 valence electrons. The number of nitrogens with zero attached hydrogens (tertiary/aromatic N) is 1. The number of hydrogen-bond acceptors (Lipinski definition) is 6. The molecule has 8 nitrogen and oxygen atoms in total. The van der Waals surface area contributed by atoms with Gasteiger partial charge in [0.1, 0.15) is 11.5 Å². The molecule has 29 heavy (non-hydrogen) atoms. The first-order chi connectivity index (χ1) is 13.8. The molecule has 0 saturated carbocycles. The van der Waals surface area contributed by atoms with Gasteiger partial charge in [0, 0.05) is 12.1 Å². The van der Waals surface area contributed by atoms with Crippen molar-refractivity contribution in [2.24, 2.45) is 5.92 Å². The molecule has 0 aliphatic carbocycles. The molecule has 2 rings (SSSR count). The Morgan fingerprint density at radius 1 is 1.07 bits per heavy atom. The van der Waals surface area contributed by atoms with Gasteiger partial charge in [-0.3, -0.25) is 14.9 Å². The van der Waals surface area contributed by atoms with Gasteiger partial charge in [-0.1, -0.05) is 26.0 Å². The smallest absolute Gasteiger partial charge is 0.311 e. The topological polar surface area (TPSA) is 99.9 Å². The van der Waals surface area contributed by atoms with Crippen LogP contribution in [-0.4, -0.2) is 31.7 Å².